The quantitative estimate of drug-likeness (QED) is 0.787. The smallest absolute Gasteiger partial charge is 0.0820 e. The Morgan fingerprint density at radius 2 is 2.23 bits per heavy atom. The lowest BCUT2D eigenvalue weighted by atomic mass is 10.3. The third kappa shape index (κ3) is 1.73. The number of benzene rings is 1. The maximum atomic E-state index is 5.85. The van der Waals surface area contributed by atoms with Crippen molar-refractivity contribution in [1.82, 2.24) is 15.0 Å². The Morgan fingerprint density at radius 3 is 2.92 bits per heavy atom. The van der Waals surface area contributed by atoms with Crippen molar-refractivity contribution in [3.8, 4) is 5.69 Å². The summed E-state index contributed by atoms with van der Waals surface area (Å²) >= 11 is 9.26. The molecule has 0 atom stereocenters. The van der Waals surface area contributed by atoms with Gasteiger partial charge in [-0.05, 0) is 34.1 Å². The molecule has 0 N–H and O–H groups in total. The van der Waals surface area contributed by atoms with Crippen LogP contribution in [-0.2, 0) is 0 Å². The van der Waals surface area contributed by atoms with Crippen LogP contribution in [0.1, 0.15) is 0 Å². The van der Waals surface area contributed by atoms with Gasteiger partial charge in [0, 0.05) is 9.50 Å². The van der Waals surface area contributed by atoms with Crippen LogP contribution in [0.4, 0.5) is 0 Å². The highest BCUT2D eigenvalue weighted by Gasteiger charge is 2.02. The van der Waals surface area contributed by atoms with E-state index in [4.69, 9.17) is 11.6 Å². The van der Waals surface area contributed by atoms with E-state index in [0.717, 1.165) is 10.2 Å². The molecule has 66 valence electrons. The molecule has 1 heterocycles. The van der Waals surface area contributed by atoms with Crippen molar-refractivity contribution in [3.05, 3.63) is 40.1 Å². The fraction of sp³-hybridized carbons (Fsp3) is 0. The van der Waals surface area contributed by atoms with E-state index in [0.29, 0.717) is 5.02 Å². The van der Waals surface area contributed by atoms with Crippen LogP contribution >= 0.6 is 27.5 Å². The zero-order valence-corrected chi connectivity index (χ0v) is 8.83. The summed E-state index contributed by atoms with van der Waals surface area (Å²) in [4.78, 5) is 0. The van der Waals surface area contributed by atoms with Gasteiger partial charge in [0.1, 0.15) is 0 Å². The first kappa shape index (κ1) is 8.72. The number of rotatable bonds is 1. The van der Waals surface area contributed by atoms with Crippen molar-refractivity contribution in [3.63, 3.8) is 0 Å². The molecule has 3 nitrogen and oxygen atoms in total. The number of nitrogens with zero attached hydrogens (tertiary/aromatic N) is 3. The molecule has 0 saturated heterocycles. The molecule has 0 amide bonds. The van der Waals surface area contributed by atoms with Crippen LogP contribution in [0.3, 0.4) is 0 Å². The van der Waals surface area contributed by atoms with E-state index in [9.17, 15) is 0 Å². The van der Waals surface area contributed by atoms with E-state index >= 15 is 0 Å². The van der Waals surface area contributed by atoms with Gasteiger partial charge in [-0.2, -0.15) is 0 Å². The summed E-state index contributed by atoms with van der Waals surface area (Å²) in [5, 5.41) is 8.26. The number of halogens is 2. The largest absolute Gasteiger partial charge is 0.220 e. The molecule has 0 aliphatic rings. The molecule has 0 aliphatic heterocycles. The molecule has 1 aromatic heterocycles. The van der Waals surface area contributed by atoms with E-state index in [-0.39, 0.29) is 0 Å². The van der Waals surface area contributed by atoms with Gasteiger partial charge in [0.25, 0.3) is 0 Å². The average molecular weight is 259 g/mol. The van der Waals surface area contributed by atoms with Crippen molar-refractivity contribution in [2.24, 2.45) is 0 Å². The summed E-state index contributed by atoms with van der Waals surface area (Å²) in [7, 11) is 0. The van der Waals surface area contributed by atoms with Crippen molar-refractivity contribution in [1.29, 1.82) is 0 Å². The summed E-state index contributed by atoms with van der Waals surface area (Å²) in [5.74, 6) is 0. The molecule has 5 heteroatoms. The summed E-state index contributed by atoms with van der Waals surface area (Å²) in [6.07, 6.45) is 3.38. The van der Waals surface area contributed by atoms with Crippen LogP contribution in [0.5, 0.6) is 0 Å². The highest BCUT2D eigenvalue weighted by atomic mass is 79.9. The molecule has 13 heavy (non-hydrogen) atoms. The molecule has 0 radical (unpaired) electrons. The van der Waals surface area contributed by atoms with E-state index in [1.54, 1.807) is 17.1 Å². The maximum absolute atomic E-state index is 5.85. The summed E-state index contributed by atoms with van der Waals surface area (Å²) in [6.45, 7) is 0. The molecule has 0 bridgehead atoms. The van der Waals surface area contributed by atoms with Crippen LogP contribution in [-0.4, -0.2) is 15.0 Å². The third-order valence-electron chi connectivity index (χ3n) is 1.58. The summed E-state index contributed by atoms with van der Waals surface area (Å²) in [5.41, 5.74) is 0.880. The van der Waals surface area contributed by atoms with Crippen LogP contribution in [0.2, 0.25) is 5.02 Å². The minimum absolute atomic E-state index is 0.675. The number of hydrogen-bond acceptors (Lipinski definition) is 2. The van der Waals surface area contributed by atoms with Gasteiger partial charge in [0.2, 0.25) is 0 Å². The molecule has 0 spiro atoms. The van der Waals surface area contributed by atoms with Crippen LogP contribution in [0.25, 0.3) is 5.69 Å². The lowest BCUT2D eigenvalue weighted by Gasteiger charge is -2.02. The van der Waals surface area contributed by atoms with Gasteiger partial charge < -0.3 is 0 Å². The molecule has 2 rings (SSSR count). The van der Waals surface area contributed by atoms with Crippen LogP contribution in [0.15, 0.2) is 35.1 Å². The van der Waals surface area contributed by atoms with Crippen molar-refractivity contribution >= 4 is 27.5 Å². The Bertz CT molecular complexity index is 413. The predicted octanol–water partition coefficient (Wildman–Crippen LogP) is 2.68. The second kappa shape index (κ2) is 3.47. The zero-order chi connectivity index (χ0) is 9.26. The SMILES string of the molecule is Clc1ccc(Br)c(-n2ccnn2)c1. The molecule has 0 unspecified atom stereocenters. The normalized spacial score (nSPS) is 10.3. The Kier molecular flexibility index (Phi) is 2.33. The van der Waals surface area contributed by atoms with E-state index in [2.05, 4.69) is 26.2 Å². The Hall–Kier alpha value is -0.870. The average Bonchev–Trinajstić information content (AvgIpc) is 2.61. The molecule has 0 saturated carbocycles. The fourth-order valence-corrected chi connectivity index (χ4v) is 1.59. The Morgan fingerprint density at radius 1 is 1.38 bits per heavy atom. The molecule has 0 fully saturated rings. The molecule has 2 aromatic rings. The lowest BCUT2D eigenvalue weighted by molar-refractivity contribution is 0.800. The Balaban J connectivity index is 2.57. The standard InChI is InChI=1S/C8H5BrClN3/c9-7-2-1-6(10)5-8(7)13-4-3-11-12-13/h1-5H. The van der Waals surface area contributed by atoms with E-state index in [1.807, 2.05) is 18.2 Å². The van der Waals surface area contributed by atoms with Crippen molar-refractivity contribution < 1.29 is 0 Å². The number of hydrogen-bond donors (Lipinski definition) is 0. The fourth-order valence-electron chi connectivity index (χ4n) is 0.998. The van der Waals surface area contributed by atoms with Crippen molar-refractivity contribution in [2.75, 3.05) is 0 Å². The van der Waals surface area contributed by atoms with Gasteiger partial charge in [-0.25, -0.2) is 4.68 Å². The minimum Gasteiger partial charge on any atom is -0.220 e. The zero-order valence-electron chi connectivity index (χ0n) is 6.48. The highest BCUT2D eigenvalue weighted by Crippen LogP contribution is 2.23. The molecular formula is C8H5BrClN3. The summed E-state index contributed by atoms with van der Waals surface area (Å²) < 4.78 is 2.58. The predicted molar refractivity (Wildman–Crippen MR) is 54.1 cm³/mol. The Labute approximate surface area is 88.5 Å². The summed E-state index contributed by atoms with van der Waals surface area (Å²) in [6, 6.07) is 5.51. The first-order valence-electron chi connectivity index (χ1n) is 3.59. The topological polar surface area (TPSA) is 30.7 Å². The lowest BCUT2D eigenvalue weighted by Crippen LogP contribution is -1.95. The first-order valence-corrected chi connectivity index (χ1v) is 4.76. The van der Waals surface area contributed by atoms with Gasteiger partial charge in [-0.1, -0.05) is 16.8 Å². The van der Waals surface area contributed by atoms with E-state index in [1.165, 1.54) is 0 Å². The van der Waals surface area contributed by atoms with Gasteiger partial charge in [0.15, 0.2) is 0 Å². The molecule has 0 aliphatic carbocycles. The van der Waals surface area contributed by atoms with Gasteiger partial charge in [-0.15, -0.1) is 5.10 Å². The first-order chi connectivity index (χ1) is 6.27. The van der Waals surface area contributed by atoms with E-state index < -0.39 is 0 Å². The van der Waals surface area contributed by atoms with Gasteiger partial charge >= 0.3 is 0 Å². The number of aromatic nitrogens is 3. The van der Waals surface area contributed by atoms with Crippen LogP contribution < -0.4 is 0 Å². The monoisotopic (exact) mass is 257 g/mol. The third-order valence-corrected chi connectivity index (χ3v) is 2.48. The molecule has 1 aromatic carbocycles. The minimum atomic E-state index is 0.675. The molecular weight excluding hydrogens is 253 g/mol. The van der Waals surface area contributed by atoms with Gasteiger partial charge in [0.05, 0.1) is 18.1 Å². The van der Waals surface area contributed by atoms with Crippen molar-refractivity contribution in [2.45, 2.75) is 0 Å². The van der Waals surface area contributed by atoms with Gasteiger partial charge in [-0.3, -0.25) is 0 Å². The second-order valence-electron chi connectivity index (χ2n) is 2.44. The van der Waals surface area contributed by atoms with Crippen LogP contribution in [0, 0.1) is 0 Å². The highest BCUT2D eigenvalue weighted by molar-refractivity contribution is 9.10. The second-order valence-corrected chi connectivity index (χ2v) is 3.73. The maximum Gasteiger partial charge on any atom is 0.0820 e.